The molecule has 8 nitrogen and oxygen atoms in total. The SMILES string of the molecule is CC(=O)Nc1c(Cl)cc(NS(=O)(=O)CCCn2cc[n+](C)c2)c(O)c1Cl. The molecule has 2 aromatic rings. The van der Waals surface area contributed by atoms with Crippen LogP contribution in [0.15, 0.2) is 24.8 Å². The number of carbonyl (C=O) groups is 1. The number of hydrogen-bond donors (Lipinski definition) is 3. The molecule has 142 valence electrons. The Kier molecular flexibility index (Phi) is 6.38. The van der Waals surface area contributed by atoms with Gasteiger partial charge in [0.1, 0.15) is 17.4 Å². The molecule has 26 heavy (non-hydrogen) atoms. The predicted molar refractivity (Wildman–Crippen MR) is 100 cm³/mol. The number of benzene rings is 1. The van der Waals surface area contributed by atoms with Crippen molar-refractivity contribution in [3.05, 3.63) is 34.8 Å². The molecule has 1 amide bonds. The maximum atomic E-state index is 12.2. The fourth-order valence-corrected chi connectivity index (χ4v) is 3.92. The van der Waals surface area contributed by atoms with Gasteiger partial charge in [-0.1, -0.05) is 23.2 Å². The third-order valence-corrected chi connectivity index (χ3v) is 5.44. The Morgan fingerprint density at radius 3 is 2.65 bits per heavy atom. The average Bonchev–Trinajstić information content (AvgIpc) is 2.94. The minimum atomic E-state index is -3.72. The molecule has 0 aliphatic heterocycles. The van der Waals surface area contributed by atoms with Crippen LogP contribution in [0.5, 0.6) is 5.75 Å². The summed E-state index contributed by atoms with van der Waals surface area (Å²) in [4.78, 5) is 11.2. The zero-order chi connectivity index (χ0) is 19.5. The molecular weight excluding hydrogens is 403 g/mol. The third kappa shape index (κ3) is 5.26. The standard InChI is InChI=1S/C15H18Cl2N4O4S/c1-10(22)18-14-11(16)8-12(15(23)13(14)17)19-26(24,25)7-3-4-21-6-5-20(2)9-21/h5-6,8-9,19H,3-4,7H2,1-2H3,(H-,18,22,23)/p+1. The summed E-state index contributed by atoms with van der Waals surface area (Å²) < 4.78 is 30.5. The highest BCUT2D eigenvalue weighted by Gasteiger charge is 2.20. The summed E-state index contributed by atoms with van der Waals surface area (Å²) in [6.07, 6.45) is 5.90. The van der Waals surface area contributed by atoms with Crippen molar-refractivity contribution in [1.29, 1.82) is 0 Å². The number of imidazole rings is 1. The van der Waals surface area contributed by atoms with E-state index in [1.54, 1.807) is 0 Å². The Labute approximate surface area is 161 Å². The van der Waals surface area contributed by atoms with E-state index < -0.39 is 21.7 Å². The van der Waals surface area contributed by atoms with Crippen molar-refractivity contribution in [2.75, 3.05) is 15.8 Å². The van der Waals surface area contributed by atoms with Gasteiger partial charge < -0.3 is 10.4 Å². The lowest BCUT2D eigenvalue weighted by molar-refractivity contribution is -0.671. The first-order valence-corrected chi connectivity index (χ1v) is 10.00. The van der Waals surface area contributed by atoms with Gasteiger partial charge in [0, 0.05) is 13.3 Å². The van der Waals surface area contributed by atoms with E-state index in [0.29, 0.717) is 13.0 Å². The molecule has 0 atom stereocenters. The van der Waals surface area contributed by atoms with Gasteiger partial charge in [-0.05, 0) is 6.07 Å². The van der Waals surface area contributed by atoms with Crippen molar-refractivity contribution in [3.8, 4) is 5.75 Å². The number of aryl methyl sites for hydroxylation is 2. The van der Waals surface area contributed by atoms with Gasteiger partial charge >= 0.3 is 0 Å². The Morgan fingerprint density at radius 2 is 2.08 bits per heavy atom. The number of sulfonamides is 1. The molecule has 1 aromatic heterocycles. The Bertz CT molecular complexity index is 928. The first-order chi connectivity index (χ1) is 12.1. The fourth-order valence-electron chi connectivity index (χ4n) is 2.27. The first-order valence-electron chi connectivity index (χ1n) is 7.59. The number of anilines is 2. The van der Waals surface area contributed by atoms with Crippen molar-refractivity contribution >= 4 is 50.5 Å². The van der Waals surface area contributed by atoms with E-state index in [-0.39, 0.29) is 27.2 Å². The molecule has 1 heterocycles. The van der Waals surface area contributed by atoms with Gasteiger partial charge in [0.2, 0.25) is 22.3 Å². The van der Waals surface area contributed by atoms with Crippen LogP contribution in [-0.2, 0) is 28.4 Å². The van der Waals surface area contributed by atoms with Crippen LogP contribution in [0.4, 0.5) is 11.4 Å². The van der Waals surface area contributed by atoms with Gasteiger partial charge in [-0.15, -0.1) is 0 Å². The number of aromatic hydroxyl groups is 1. The number of phenols is 1. The first kappa shape index (κ1) is 20.3. The van der Waals surface area contributed by atoms with Crippen LogP contribution in [0.25, 0.3) is 0 Å². The molecule has 0 unspecified atom stereocenters. The van der Waals surface area contributed by atoms with Crippen LogP contribution >= 0.6 is 23.2 Å². The number of hydrogen-bond acceptors (Lipinski definition) is 4. The maximum absolute atomic E-state index is 12.2. The largest absolute Gasteiger partial charge is 0.504 e. The van der Waals surface area contributed by atoms with Crippen molar-refractivity contribution < 1.29 is 22.9 Å². The quantitative estimate of drug-likeness (QED) is 0.470. The minimum Gasteiger partial charge on any atom is -0.504 e. The monoisotopic (exact) mass is 421 g/mol. The second-order valence-electron chi connectivity index (χ2n) is 5.72. The van der Waals surface area contributed by atoms with Crippen molar-refractivity contribution in [1.82, 2.24) is 4.57 Å². The summed E-state index contributed by atoms with van der Waals surface area (Å²) in [5.41, 5.74) is -0.136. The number of halogens is 2. The summed E-state index contributed by atoms with van der Waals surface area (Å²) in [6.45, 7) is 1.78. The zero-order valence-electron chi connectivity index (χ0n) is 14.2. The summed E-state index contributed by atoms with van der Waals surface area (Å²) in [6, 6.07) is 1.19. The molecule has 2 rings (SSSR count). The lowest BCUT2D eigenvalue weighted by Crippen LogP contribution is -2.24. The Balaban J connectivity index is 2.09. The highest BCUT2D eigenvalue weighted by atomic mass is 35.5. The van der Waals surface area contributed by atoms with Crippen LogP contribution in [0.3, 0.4) is 0 Å². The van der Waals surface area contributed by atoms with Gasteiger partial charge in [0.15, 0.2) is 5.75 Å². The smallest absolute Gasteiger partial charge is 0.243 e. The summed E-state index contributed by atoms with van der Waals surface area (Å²) in [5, 5.41) is 12.2. The number of carbonyl (C=O) groups excluding carboxylic acids is 1. The van der Waals surface area contributed by atoms with Gasteiger partial charge in [0.25, 0.3) is 0 Å². The molecule has 0 radical (unpaired) electrons. The van der Waals surface area contributed by atoms with Crippen molar-refractivity contribution in [2.24, 2.45) is 7.05 Å². The molecule has 0 bridgehead atoms. The highest BCUT2D eigenvalue weighted by Crippen LogP contribution is 2.43. The summed E-state index contributed by atoms with van der Waals surface area (Å²) in [7, 11) is -1.85. The zero-order valence-corrected chi connectivity index (χ0v) is 16.5. The van der Waals surface area contributed by atoms with Crippen LogP contribution in [0.1, 0.15) is 13.3 Å². The highest BCUT2D eigenvalue weighted by molar-refractivity contribution is 7.92. The molecule has 0 saturated heterocycles. The molecule has 0 aliphatic rings. The minimum absolute atomic E-state index is 0.000501. The molecular formula is C15H19Cl2N4O4S+. The second-order valence-corrected chi connectivity index (χ2v) is 8.34. The van der Waals surface area contributed by atoms with E-state index in [2.05, 4.69) is 10.0 Å². The third-order valence-electron chi connectivity index (χ3n) is 3.41. The predicted octanol–water partition coefficient (Wildman–Crippen LogP) is 2.12. The number of phenolic OH excluding ortho intramolecular Hbond substituents is 1. The Morgan fingerprint density at radius 1 is 1.38 bits per heavy atom. The lowest BCUT2D eigenvalue weighted by atomic mass is 10.2. The second kappa shape index (κ2) is 8.15. The molecule has 0 fully saturated rings. The average molecular weight is 422 g/mol. The van der Waals surface area contributed by atoms with E-state index in [9.17, 15) is 18.3 Å². The van der Waals surface area contributed by atoms with E-state index in [1.165, 1.54) is 13.0 Å². The van der Waals surface area contributed by atoms with Gasteiger partial charge in [-0.25, -0.2) is 17.6 Å². The molecule has 3 N–H and O–H groups in total. The summed E-state index contributed by atoms with van der Waals surface area (Å²) in [5.74, 6) is -1.10. The number of amides is 1. The molecule has 0 aliphatic carbocycles. The van der Waals surface area contributed by atoms with Crippen LogP contribution < -0.4 is 14.6 Å². The van der Waals surface area contributed by atoms with Crippen LogP contribution in [0, 0.1) is 0 Å². The normalized spacial score (nSPS) is 11.4. The van der Waals surface area contributed by atoms with Crippen LogP contribution in [-0.4, -0.2) is 29.8 Å². The maximum Gasteiger partial charge on any atom is 0.243 e. The fraction of sp³-hybridized carbons (Fsp3) is 0.333. The van der Waals surface area contributed by atoms with E-state index in [0.717, 1.165) is 0 Å². The number of nitrogens with one attached hydrogen (secondary N) is 2. The topological polar surface area (TPSA) is 104 Å². The van der Waals surface area contributed by atoms with E-state index in [4.69, 9.17) is 23.2 Å². The number of aromatic nitrogens is 2. The van der Waals surface area contributed by atoms with Crippen molar-refractivity contribution in [3.63, 3.8) is 0 Å². The Hall–Kier alpha value is -1.97. The van der Waals surface area contributed by atoms with Gasteiger partial charge in [-0.2, -0.15) is 0 Å². The lowest BCUT2D eigenvalue weighted by Gasteiger charge is -2.14. The molecule has 1 aromatic carbocycles. The van der Waals surface area contributed by atoms with Gasteiger partial charge in [-0.3, -0.25) is 9.52 Å². The van der Waals surface area contributed by atoms with Gasteiger partial charge in [0.05, 0.1) is 35.7 Å². The van der Waals surface area contributed by atoms with E-state index in [1.807, 2.05) is 34.9 Å². The van der Waals surface area contributed by atoms with Crippen molar-refractivity contribution in [2.45, 2.75) is 19.9 Å². The molecule has 0 saturated carbocycles. The molecule has 0 spiro atoms. The summed E-state index contributed by atoms with van der Waals surface area (Å²) >= 11 is 12.0. The number of nitrogens with zero attached hydrogens (tertiary/aromatic N) is 2. The number of rotatable bonds is 7. The van der Waals surface area contributed by atoms with Crippen LogP contribution in [0.2, 0.25) is 10.0 Å². The van der Waals surface area contributed by atoms with E-state index >= 15 is 0 Å². The molecule has 11 heteroatoms.